The van der Waals surface area contributed by atoms with Crippen LogP contribution in [0.25, 0.3) is 11.4 Å². The van der Waals surface area contributed by atoms with Gasteiger partial charge in [0.15, 0.2) is 5.82 Å². The first-order chi connectivity index (χ1) is 8.63. The van der Waals surface area contributed by atoms with E-state index in [0.717, 1.165) is 23.1 Å². The number of hydrogen-bond donors (Lipinski definition) is 2. The van der Waals surface area contributed by atoms with Gasteiger partial charge in [-0.2, -0.15) is 0 Å². The van der Waals surface area contributed by atoms with Crippen molar-refractivity contribution in [3.63, 3.8) is 0 Å². The molecule has 0 spiro atoms. The number of carboxylic acid groups (broad SMARTS) is 1. The predicted molar refractivity (Wildman–Crippen MR) is 65.6 cm³/mol. The van der Waals surface area contributed by atoms with Crippen LogP contribution in [0, 0.1) is 0 Å². The third kappa shape index (κ3) is 2.33. The van der Waals surface area contributed by atoms with Gasteiger partial charge >= 0.3 is 5.97 Å². The Hall–Kier alpha value is -1.96. The molecule has 0 aromatic carbocycles. The number of furan rings is 1. The minimum absolute atomic E-state index is 0.110. The summed E-state index contributed by atoms with van der Waals surface area (Å²) >= 11 is 1.02. The Kier molecular flexibility index (Phi) is 3.56. The average Bonchev–Trinajstić information content (AvgIpc) is 2.92. The van der Waals surface area contributed by atoms with E-state index < -0.39 is 5.97 Å². The van der Waals surface area contributed by atoms with E-state index in [4.69, 9.17) is 15.4 Å². The largest absolute Gasteiger partial charge is 0.481 e. The number of thioether (sulfide) groups is 1. The summed E-state index contributed by atoms with van der Waals surface area (Å²) in [5, 5.41) is 16.8. The first-order valence-electron chi connectivity index (χ1n) is 5.25. The van der Waals surface area contributed by atoms with E-state index in [0.29, 0.717) is 17.4 Å². The van der Waals surface area contributed by atoms with Crippen LogP contribution in [0.2, 0.25) is 0 Å². The topological polar surface area (TPSA) is 107 Å². The fraction of sp³-hybridized carbons (Fsp3) is 0.300. The monoisotopic (exact) mass is 268 g/mol. The van der Waals surface area contributed by atoms with Crippen LogP contribution in [0.1, 0.15) is 12.7 Å². The van der Waals surface area contributed by atoms with Gasteiger partial charge in [0, 0.05) is 6.42 Å². The molecule has 2 heterocycles. The summed E-state index contributed by atoms with van der Waals surface area (Å²) in [6.07, 6.45) is 2.28. The van der Waals surface area contributed by atoms with E-state index in [-0.39, 0.29) is 5.75 Å². The first-order valence-corrected chi connectivity index (χ1v) is 6.23. The molecule has 0 saturated heterocycles. The Balaban J connectivity index is 2.28. The fourth-order valence-electron chi connectivity index (χ4n) is 1.50. The molecule has 2 aromatic heterocycles. The molecule has 0 bridgehead atoms. The van der Waals surface area contributed by atoms with E-state index >= 15 is 0 Å². The highest BCUT2D eigenvalue weighted by Gasteiger charge is 2.17. The summed E-state index contributed by atoms with van der Waals surface area (Å²) in [4.78, 5) is 10.5. The molecule has 0 amide bonds. The second-order valence-electron chi connectivity index (χ2n) is 3.47. The van der Waals surface area contributed by atoms with Crippen molar-refractivity contribution in [2.75, 3.05) is 11.6 Å². The highest BCUT2D eigenvalue weighted by Crippen LogP contribution is 2.25. The Morgan fingerprint density at radius 1 is 1.61 bits per heavy atom. The van der Waals surface area contributed by atoms with Crippen molar-refractivity contribution in [1.29, 1.82) is 0 Å². The van der Waals surface area contributed by atoms with E-state index in [9.17, 15) is 4.79 Å². The van der Waals surface area contributed by atoms with Gasteiger partial charge < -0.3 is 15.4 Å². The fourth-order valence-corrected chi connectivity index (χ4v) is 2.08. The van der Waals surface area contributed by atoms with E-state index in [1.165, 1.54) is 4.68 Å². The molecule has 7 nitrogen and oxygen atoms in total. The van der Waals surface area contributed by atoms with Crippen LogP contribution in [0.5, 0.6) is 0 Å². The molecular weight excluding hydrogens is 256 g/mol. The summed E-state index contributed by atoms with van der Waals surface area (Å²) in [6.45, 7) is 1.96. The van der Waals surface area contributed by atoms with Crippen molar-refractivity contribution in [2.24, 2.45) is 0 Å². The Labute approximate surface area is 107 Å². The van der Waals surface area contributed by atoms with Crippen LogP contribution < -0.4 is 5.84 Å². The number of nitrogens with zero attached hydrogens (tertiary/aromatic N) is 3. The zero-order chi connectivity index (χ0) is 13.1. The Morgan fingerprint density at radius 2 is 2.39 bits per heavy atom. The molecule has 0 aliphatic heterocycles. The van der Waals surface area contributed by atoms with Crippen molar-refractivity contribution < 1.29 is 14.3 Å². The maximum atomic E-state index is 10.5. The highest BCUT2D eigenvalue weighted by molar-refractivity contribution is 7.99. The maximum Gasteiger partial charge on any atom is 0.313 e. The third-order valence-electron chi connectivity index (χ3n) is 2.30. The molecule has 2 aromatic rings. The first kappa shape index (κ1) is 12.5. The number of rotatable bonds is 5. The van der Waals surface area contributed by atoms with Gasteiger partial charge in [-0.25, -0.2) is 4.68 Å². The number of carbonyl (C=O) groups is 1. The minimum atomic E-state index is -0.929. The van der Waals surface area contributed by atoms with Crippen LogP contribution in [0.15, 0.2) is 21.9 Å². The summed E-state index contributed by atoms with van der Waals surface area (Å²) in [5.41, 5.74) is 0.773. The van der Waals surface area contributed by atoms with E-state index in [1.807, 2.05) is 6.92 Å². The van der Waals surface area contributed by atoms with Crippen LogP contribution in [-0.2, 0) is 11.2 Å². The van der Waals surface area contributed by atoms with Crippen molar-refractivity contribution >= 4 is 17.7 Å². The van der Waals surface area contributed by atoms with Gasteiger partial charge in [0.2, 0.25) is 5.16 Å². The molecule has 0 radical (unpaired) electrons. The Bertz CT molecular complexity index is 563. The van der Waals surface area contributed by atoms with Crippen LogP contribution in [-0.4, -0.2) is 31.7 Å². The molecule has 0 saturated carbocycles. The van der Waals surface area contributed by atoms with Crippen molar-refractivity contribution in [3.8, 4) is 11.4 Å². The molecule has 0 fully saturated rings. The third-order valence-corrected chi connectivity index (χ3v) is 3.22. The van der Waals surface area contributed by atoms with Gasteiger partial charge in [0.05, 0.1) is 17.6 Å². The van der Waals surface area contributed by atoms with Gasteiger partial charge in [-0.3, -0.25) is 4.79 Å². The number of carboxylic acids is 1. The smallest absolute Gasteiger partial charge is 0.313 e. The second-order valence-corrected chi connectivity index (χ2v) is 4.41. The predicted octanol–water partition coefficient (Wildman–Crippen LogP) is 0.991. The molecule has 0 unspecified atom stereocenters. The Morgan fingerprint density at radius 3 is 3.06 bits per heavy atom. The minimum Gasteiger partial charge on any atom is -0.481 e. The van der Waals surface area contributed by atoms with Gasteiger partial charge in [-0.15, -0.1) is 10.2 Å². The van der Waals surface area contributed by atoms with Gasteiger partial charge in [-0.1, -0.05) is 18.7 Å². The molecule has 96 valence electrons. The normalized spacial score (nSPS) is 10.7. The van der Waals surface area contributed by atoms with Gasteiger partial charge in [0.1, 0.15) is 5.76 Å². The molecule has 8 heteroatoms. The van der Waals surface area contributed by atoms with Gasteiger partial charge in [0.25, 0.3) is 0 Å². The molecule has 0 aliphatic carbocycles. The summed E-state index contributed by atoms with van der Waals surface area (Å²) in [7, 11) is 0. The van der Waals surface area contributed by atoms with Crippen molar-refractivity contribution in [1.82, 2.24) is 14.9 Å². The lowest BCUT2D eigenvalue weighted by Crippen LogP contribution is -2.12. The molecule has 18 heavy (non-hydrogen) atoms. The maximum absolute atomic E-state index is 10.5. The number of aryl methyl sites for hydroxylation is 1. The summed E-state index contributed by atoms with van der Waals surface area (Å²) in [6, 6.07) is 1.76. The second kappa shape index (κ2) is 5.13. The molecule has 3 N–H and O–H groups in total. The number of nitrogens with two attached hydrogens (primary N) is 1. The lowest BCUT2D eigenvalue weighted by Gasteiger charge is -2.02. The standard InChI is InChI=1S/C10H12N4O3S/c1-2-7-6(3-4-17-7)9-12-13-10(14(9)11)18-5-8(15)16/h3-4H,2,5,11H2,1H3,(H,15,16). The van der Waals surface area contributed by atoms with E-state index in [2.05, 4.69) is 10.2 Å². The molecular formula is C10H12N4O3S. The average molecular weight is 268 g/mol. The number of hydrogen-bond acceptors (Lipinski definition) is 6. The SMILES string of the molecule is CCc1occc1-c1nnc(SCC(=O)O)n1N. The molecule has 0 aliphatic rings. The van der Waals surface area contributed by atoms with E-state index in [1.54, 1.807) is 12.3 Å². The quantitative estimate of drug-likeness (QED) is 0.615. The highest BCUT2D eigenvalue weighted by atomic mass is 32.2. The molecule has 2 rings (SSSR count). The van der Waals surface area contributed by atoms with Crippen molar-refractivity contribution in [2.45, 2.75) is 18.5 Å². The zero-order valence-corrected chi connectivity index (χ0v) is 10.5. The lowest BCUT2D eigenvalue weighted by atomic mass is 10.2. The number of aliphatic carboxylic acids is 1. The number of aromatic nitrogens is 3. The van der Waals surface area contributed by atoms with Crippen LogP contribution >= 0.6 is 11.8 Å². The lowest BCUT2D eigenvalue weighted by molar-refractivity contribution is -0.133. The van der Waals surface area contributed by atoms with Crippen molar-refractivity contribution in [3.05, 3.63) is 18.1 Å². The van der Waals surface area contributed by atoms with Crippen LogP contribution in [0.4, 0.5) is 0 Å². The van der Waals surface area contributed by atoms with Gasteiger partial charge in [-0.05, 0) is 6.07 Å². The van der Waals surface area contributed by atoms with Crippen LogP contribution in [0.3, 0.4) is 0 Å². The molecule has 0 atom stereocenters. The zero-order valence-electron chi connectivity index (χ0n) is 9.66. The summed E-state index contributed by atoms with van der Waals surface area (Å²) in [5.74, 6) is 6.04. The number of nitrogen functional groups attached to an aromatic ring is 1. The summed E-state index contributed by atoms with van der Waals surface area (Å²) < 4.78 is 6.57.